The molecule has 0 unspecified atom stereocenters. The number of carbonyl (C=O) groups is 2. The monoisotopic (exact) mass is 376 g/mol. The number of nitro benzene ring substituents is 1. The molecular formula is C16H13ClN4O5. The van der Waals surface area contributed by atoms with Gasteiger partial charge in [0.1, 0.15) is 0 Å². The number of phenolic OH excluding ortho intramolecular Hbond substituents is 1. The summed E-state index contributed by atoms with van der Waals surface area (Å²) < 4.78 is 0. The van der Waals surface area contributed by atoms with Gasteiger partial charge in [0.15, 0.2) is 0 Å². The summed E-state index contributed by atoms with van der Waals surface area (Å²) in [6.45, 7) is 1.08. The van der Waals surface area contributed by atoms with Crippen molar-refractivity contribution in [1.29, 1.82) is 0 Å². The lowest BCUT2D eigenvalue weighted by atomic mass is 10.1. The average molecular weight is 377 g/mol. The van der Waals surface area contributed by atoms with Gasteiger partial charge < -0.3 is 15.7 Å². The summed E-state index contributed by atoms with van der Waals surface area (Å²) >= 11 is 5.79. The van der Waals surface area contributed by atoms with Crippen LogP contribution in [0.5, 0.6) is 5.75 Å². The van der Waals surface area contributed by atoms with Crippen LogP contribution in [0.2, 0.25) is 5.02 Å². The van der Waals surface area contributed by atoms with Crippen LogP contribution in [0.4, 0.5) is 21.9 Å². The third-order valence-corrected chi connectivity index (χ3v) is 4.02. The number of hydrogen-bond acceptors (Lipinski definition) is 5. The zero-order chi connectivity index (χ0) is 18.8. The number of benzene rings is 2. The molecule has 10 heteroatoms. The highest BCUT2D eigenvalue weighted by molar-refractivity contribution is 6.31. The van der Waals surface area contributed by atoms with Crippen LogP contribution in [0.1, 0.15) is 10.4 Å². The highest BCUT2D eigenvalue weighted by atomic mass is 35.5. The van der Waals surface area contributed by atoms with Crippen LogP contribution in [0.3, 0.4) is 0 Å². The number of aromatic hydroxyl groups is 1. The van der Waals surface area contributed by atoms with Crippen molar-refractivity contribution in [2.45, 2.75) is 0 Å². The Kier molecular flexibility index (Phi) is 4.63. The van der Waals surface area contributed by atoms with E-state index in [0.717, 1.165) is 6.07 Å². The molecule has 26 heavy (non-hydrogen) atoms. The minimum atomic E-state index is -0.799. The number of nitrogens with zero attached hydrogens (tertiary/aromatic N) is 2. The number of nitro groups is 1. The van der Waals surface area contributed by atoms with E-state index in [4.69, 9.17) is 11.6 Å². The molecule has 3 amide bonds. The molecule has 0 aromatic heterocycles. The van der Waals surface area contributed by atoms with E-state index in [1.807, 2.05) is 0 Å². The number of carbonyl (C=O) groups excluding carboxylic acids is 2. The van der Waals surface area contributed by atoms with E-state index in [2.05, 4.69) is 10.6 Å². The van der Waals surface area contributed by atoms with Crippen molar-refractivity contribution in [1.82, 2.24) is 5.32 Å². The third-order valence-electron chi connectivity index (χ3n) is 3.80. The molecule has 134 valence electrons. The quantitative estimate of drug-likeness (QED) is 0.430. The molecule has 1 aliphatic rings. The van der Waals surface area contributed by atoms with Gasteiger partial charge in [-0.2, -0.15) is 0 Å². The van der Waals surface area contributed by atoms with E-state index in [9.17, 15) is 24.8 Å². The highest BCUT2D eigenvalue weighted by Crippen LogP contribution is 2.37. The van der Waals surface area contributed by atoms with Gasteiger partial charge in [0.2, 0.25) is 5.75 Å². The third kappa shape index (κ3) is 3.38. The number of nitrogens with one attached hydrogen (secondary N) is 2. The fourth-order valence-corrected chi connectivity index (χ4v) is 2.74. The first-order chi connectivity index (χ1) is 12.4. The Balaban J connectivity index is 1.80. The van der Waals surface area contributed by atoms with Gasteiger partial charge in [0.05, 0.1) is 10.6 Å². The SMILES string of the molecule is O=C(Nc1cc(Cl)cc([N+](=O)[O-])c1O)c1ccc(N2CCNC2=O)cc1. The first-order valence-electron chi connectivity index (χ1n) is 7.50. The predicted molar refractivity (Wildman–Crippen MR) is 94.9 cm³/mol. The first kappa shape index (κ1) is 17.5. The van der Waals surface area contributed by atoms with Gasteiger partial charge >= 0.3 is 11.7 Å². The molecule has 1 aliphatic heterocycles. The number of hydrogen-bond donors (Lipinski definition) is 3. The second-order valence-electron chi connectivity index (χ2n) is 5.46. The van der Waals surface area contributed by atoms with Crippen LogP contribution >= 0.6 is 11.6 Å². The van der Waals surface area contributed by atoms with Crippen LogP contribution in [0, 0.1) is 10.1 Å². The molecule has 1 saturated heterocycles. The fourth-order valence-electron chi connectivity index (χ4n) is 2.52. The summed E-state index contributed by atoms with van der Waals surface area (Å²) in [6, 6.07) is 8.23. The summed E-state index contributed by atoms with van der Waals surface area (Å²) in [7, 11) is 0. The predicted octanol–water partition coefficient (Wildman–Crippen LogP) is 2.74. The molecule has 3 N–H and O–H groups in total. The van der Waals surface area contributed by atoms with Gasteiger partial charge in [0, 0.05) is 35.4 Å². The number of anilines is 2. The van der Waals surface area contributed by atoms with Crippen molar-refractivity contribution in [2.24, 2.45) is 0 Å². The largest absolute Gasteiger partial charge is 0.501 e. The summed E-state index contributed by atoms with van der Waals surface area (Å²) in [6.07, 6.45) is 0. The van der Waals surface area contributed by atoms with Gasteiger partial charge in [0.25, 0.3) is 5.91 Å². The molecule has 1 heterocycles. The average Bonchev–Trinajstić information content (AvgIpc) is 3.03. The maximum Gasteiger partial charge on any atom is 0.321 e. The van der Waals surface area contributed by atoms with E-state index in [-0.39, 0.29) is 22.3 Å². The van der Waals surface area contributed by atoms with E-state index >= 15 is 0 Å². The standard InChI is InChI=1S/C16H13ClN4O5/c17-10-7-12(14(22)13(8-10)21(25)26)19-15(23)9-1-3-11(4-2-9)20-6-5-18-16(20)24/h1-4,7-8,22H,5-6H2,(H,18,24)(H,19,23). The molecule has 2 aromatic rings. The normalized spacial score (nSPS) is 13.4. The summed E-state index contributed by atoms with van der Waals surface area (Å²) in [5.74, 6) is -1.27. The van der Waals surface area contributed by atoms with Crippen molar-refractivity contribution in [2.75, 3.05) is 23.3 Å². The minimum absolute atomic E-state index is 0.000179. The van der Waals surface area contributed by atoms with Crippen LogP contribution < -0.4 is 15.5 Å². The number of urea groups is 1. The molecule has 0 saturated carbocycles. The van der Waals surface area contributed by atoms with Crippen LogP contribution in [-0.4, -0.2) is 35.1 Å². The van der Waals surface area contributed by atoms with E-state index < -0.39 is 22.3 Å². The topological polar surface area (TPSA) is 125 Å². The van der Waals surface area contributed by atoms with Gasteiger partial charge in [-0.15, -0.1) is 0 Å². The Morgan fingerprint density at radius 3 is 2.58 bits per heavy atom. The fraction of sp³-hybridized carbons (Fsp3) is 0.125. The van der Waals surface area contributed by atoms with Crippen molar-refractivity contribution < 1.29 is 19.6 Å². The van der Waals surface area contributed by atoms with E-state index in [1.165, 1.54) is 23.1 Å². The van der Waals surface area contributed by atoms with Crippen molar-refractivity contribution in [3.05, 3.63) is 57.1 Å². The minimum Gasteiger partial charge on any atom is -0.501 e. The maximum absolute atomic E-state index is 12.3. The zero-order valence-electron chi connectivity index (χ0n) is 13.2. The van der Waals surface area contributed by atoms with Crippen LogP contribution in [-0.2, 0) is 0 Å². The number of halogens is 1. The second-order valence-corrected chi connectivity index (χ2v) is 5.90. The van der Waals surface area contributed by atoms with Gasteiger partial charge in [-0.3, -0.25) is 19.8 Å². The molecule has 2 aromatic carbocycles. The molecule has 3 rings (SSSR count). The highest BCUT2D eigenvalue weighted by Gasteiger charge is 2.22. The molecule has 0 radical (unpaired) electrons. The maximum atomic E-state index is 12.3. The summed E-state index contributed by atoms with van der Waals surface area (Å²) in [5.41, 5.74) is 0.105. The molecular weight excluding hydrogens is 364 g/mol. The molecule has 9 nitrogen and oxygen atoms in total. The Morgan fingerprint density at radius 1 is 1.31 bits per heavy atom. The van der Waals surface area contributed by atoms with Crippen molar-refractivity contribution in [3.8, 4) is 5.75 Å². The molecule has 1 fully saturated rings. The van der Waals surface area contributed by atoms with Gasteiger partial charge in [-0.05, 0) is 30.3 Å². The summed E-state index contributed by atoms with van der Waals surface area (Å²) in [5, 5.41) is 25.9. The zero-order valence-corrected chi connectivity index (χ0v) is 14.0. The lowest BCUT2D eigenvalue weighted by Gasteiger charge is -2.14. The lowest BCUT2D eigenvalue weighted by molar-refractivity contribution is -0.385. The number of rotatable bonds is 4. The Hall–Kier alpha value is -3.33. The second kappa shape index (κ2) is 6.89. The van der Waals surface area contributed by atoms with Crippen molar-refractivity contribution >= 4 is 40.6 Å². The lowest BCUT2D eigenvalue weighted by Crippen LogP contribution is -2.27. The Labute approximate surface area is 152 Å². The Bertz CT molecular complexity index is 900. The van der Waals surface area contributed by atoms with Crippen LogP contribution in [0.15, 0.2) is 36.4 Å². The number of amides is 3. The molecule has 0 atom stereocenters. The molecule has 0 spiro atoms. The Morgan fingerprint density at radius 2 is 2.00 bits per heavy atom. The van der Waals surface area contributed by atoms with Gasteiger partial charge in [-0.25, -0.2) is 4.79 Å². The summed E-state index contributed by atoms with van der Waals surface area (Å²) in [4.78, 5) is 35.6. The van der Waals surface area contributed by atoms with Crippen molar-refractivity contribution in [3.63, 3.8) is 0 Å². The smallest absolute Gasteiger partial charge is 0.321 e. The molecule has 0 aliphatic carbocycles. The van der Waals surface area contributed by atoms with Crippen LogP contribution in [0.25, 0.3) is 0 Å². The number of phenols is 1. The van der Waals surface area contributed by atoms with E-state index in [0.29, 0.717) is 18.8 Å². The van der Waals surface area contributed by atoms with E-state index in [1.54, 1.807) is 12.1 Å². The first-order valence-corrected chi connectivity index (χ1v) is 7.88. The van der Waals surface area contributed by atoms with Gasteiger partial charge in [-0.1, -0.05) is 11.6 Å². The molecule has 0 bridgehead atoms.